The van der Waals surface area contributed by atoms with E-state index in [0.717, 1.165) is 5.56 Å². The third-order valence-corrected chi connectivity index (χ3v) is 1.49. The zero-order valence-electron chi connectivity index (χ0n) is 5.91. The van der Waals surface area contributed by atoms with E-state index in [-0.39, 0.29) is 6.04 Å². The highest BCUT2D eigenvalue weighted by Crippen LogP contribution is 2.09. The molecular weight excluding hydrogens is 126 g/mol. The lowest BCUT2D eigenvalue weighted by Crippen LogP contribution is -2.12. The van der Waals surface area contributed by atoms with Gasteiger partial charge in [-0.15, -0.1) is 0 Å². The fourth-order valence-electron chi connectivity index (χ4n) is 0.816. The first-order chi connectivity index (χ1) is 4.84. The maximum atomic E-state index is 8.54. The highest BCUT2D eigenvalue weighted by atomic mass is 16.5. The van der Waals surface area contributed by atoms with Crippen LogP contribution in [0, 0.1) is 0 Å². The molecule has 2 N–H and O–H groups in total. The van der Waals surface area contributed by atoms with E-state index < -0.39 is 0 Å². The highest BCUT2D eigenvalue weighted by Gasteiger charge is 1.99. The van der Waals surface area contributed by atoms with Gasteiger partial charge in [-0.2, -0.15) is 5.48 Å². The molecule has 1 rings (SSSR count). The molecule has 1 aromatic carbocycles. The zero-order valence-corrected chi connectivity index (χ0v) is 5.91. The van der Waals surface area contributed by atoms with Crippen molar-refractivity contribution in [3.63, 3.8) is 0 Å². The van der Waals surface area contributed by atoms with Crippen LogP contribution in [0.15, 0.2) is 30.3 Å². The number of benzene rings is 1. The van der Waals surface area contributed by atoms with E-state index in [1.807, 2.05) is 37.3 Å². The van der Waals surface area contributed by atoms with E-state index >= 15 is 0 Å². The quantitative estimate of drug-likeness (QED) is 0.608. The van der Waals surface area contributed by atoms with Crippen LogP contribution in [0.25, 0.3) is 0 Å². The Kier molecular flexibility index (Phi) is 2.42. The predicted molar refractivity (Wildman–Crippen MR) is 39.8 cm³/mol. The molecule has 0 saturated carbocycles. The molecule has 54 valence electrons. The van der Waals surface area contributed by atoms with Crippen molar-refractivity contribution >= 4 is 0 Å². The van der Waals surface area contributed by atoms with Crippen molar-refractivity contribution in [1.29, 1.82) is 0 Å². The van der Waals surface area contributed by atoms with Gasteiger partial charge in [-0.25, -0.2) is 0 Å². The molecule has 0 amide bonds. The Hall–Kier alpha value is -0.860. The summed E-state index contributed by atoms with van der Waals surface area (Å²) in [4.78, 5) is 0. The van der Waals surface area contributed by atoms with E-state index in [9.17, 15) is 0 Å². The first-order valence-electron chi connectivity index (χ1n) is 3.29. The Morgan fingerprint density at radius 2 is 1.90 bits per heavy atom. The van der Waals surface area contributed by atoms with Crippen LogP contribution >= 0.6 is 0 Å². The van der Waals surface area contributed by atoms with Crippen molar-refractivity contribution in [2.24, 2.45) is 0 Å². The molecule has 2 nitrogen and oxygen atoms in total. The second kappa shape index (κ2) is 3.34. The number of rotatable bonds is 2. The molecule has 10 heavy (non-hydrogen) atoms. The third kappa shape index (κ3) is 1.56. The molecule has 1 atom stereocenters. The van der Waals surface area contributed by atoms with Gasteiger partial charge in [0.2, 0.25) is 0 Å². The molecule has 0 aliphatic heterocycles. The Bertz CT molecular complexity index is 186. The van der Waals surface area contributed by atoms with Gasteiger partial charge in [0, 0.05) is 0 Å². The summed E-state index contributed by atoms with van der Waals surface area (Å²) < 4.78 is 0. The van der Waals surface area contributed by atoms with Crippen LogP contribution in [0.4, 0.5) is 0 Å². The van der Waals surface area contributed by atoms with Gasteiger partial charge < -0.3 is 5.21 Å². The standard InChI is InChI=1S/C8H11NO/c1-7(9-10)8-5-3-2-4-6-8/h2-7,9-10H,1H3/t7-/m1/s1. The maximum absolute atomic E-state index is 8.54. The van der Waals surface area contributed by atoms with Gasteiger partial charge in [-0.3, -0.25) is 0 Å². The van der Waals surface area contributed by atoms with Crippen molar-refractivity contribution in [3.8, 4) is 0 Å². The minimum Gasteiger partial charge on any atom is -0.316 e. The second-order valence-electron chi connectivity index (χ2n) is 2.26. The summed E-state index contributed by atoms with van der Waals surface area (Å²) in [6.07, 6.45) is 0. The van der Waals surface area contributed by atoms with Gasteiger partial charge in [0.25, 0.3) is 0 Å². The number of hydrogen-bond donors (Lipinski definition) is 2. The molecular formula is C8H11NO. The summed E-state index contributed by atoms with van der Waals surface area (Å²) in [5.74, 6) is 0. The minimum atomic E-state index is 0.0150. The van der Waals surface area contributed by atoms with Crippen LogP contribution < -0.4 is 5.48 Å². The zero-order chi connectivity index (χ0) is 7.40. The van der Waals surface area contributed by atoms with Crippen LogP contribution in [0.2, 0.25) is 0 Å². The van der Waals surface area contributed by atoms with Crippen LogP contribution in [0.3, 0.4) is 0 Å². The molecule has 0 spiro atoms. The monoisotopic (exact) mass is 137 g/mol. The normalized spacial score (nSPS) is 13.0. The van der Waals surface area contributed by atoms with Crippen LogP contribution in [0.1, 0.15) is 18.5 Å². The fraction of sp³-hybridized carbons (Fsp3) is 0.250. The molecule has 2 heteroatoms. The van der Waals surface area contributed by atoms with Gasteiger partial charge in [-0.1, -0.05) is 30.3 Å². The molecule has 0 radical (unpaired) electrons. The maximum Gasteiger partial charge on any atom is 0.0540 e. The molecule has 0 fully saturated rings. The van der Waals surface area contributed by atoms with Gasteiger partial charge in [0.05, 0.1) is 6.04 Å². The fourth-order valence-corrected chi connectivity index (χ4v) is 0.816. The largest absolute Gasteiger partial charge is 0.316 e. The third-order valence-electron chi connectivity index (χ3n) is 1.49. The molecule has 0 heterocycles. The van der Waals surface area contributed by atoms with E-state index in [1.165, 1.54) is 0 Å². The van der Waals surface area contributed by atoms with Crippen LogP contribution in [0.5, 0.6) is 0 Å². The van der Waals surface area contributed by atoms with Crippen molar-refractivity contribution in [2.75, 3.05) is 0 Å². The van der Waals surface area contributed by atoms with E-state index in [1.54, 1.807) is 0 Å². The van der Waals surface area contributed by atoms with Crippen LogP contribution in [-0.4, -0.2) is 5.21 Å². The first kappa shape index (κ1) is 7.25. The summed E-state index contributed by atoms with van der Waals surface area (Å²) in [6, 6.07) is 9.79. The molecule has 0 aliphatic rings. The van der Waals surface area contributed by atoms with Crippen molar-refractivity contribution in [3.05, 3.63) is 35.9 Å². The molecule has 0 unspecified atom stereocenters. The predicted octanol–water partition coefficient (Wildman–Crippen LogP) is 1.73. The Labute approximate surface area is 60.5 Å². The summed E-state index contributed by atoms with van der Waals surface area (Å²) in [5.41, 5.74) is 3.27. The summed E-state index contributed by atoms with van der Waals surface area (Å²) in [5, 5.41) is 8.54. The summed E-state index contributed by atoms with van der Waals surface area (Å²) >= 11 is 0. The van der Waals surface area contributed by atoms with E-state index in [2.05, 4.69) is 5.48 Å². The average Bonchev–Trinajstić information content (AvgIpc) is 2.05. The van der Waals surface area contributed by atoms with E-state index in [4.69, 9.17) is 5.21 Å². The summed E-state index contributed by atoms with van der Waals surface area (Å²) in [6.45, 7) is 1.90. The van der Waals surface area contributed by atoms with Gasteiger partial charge in [0.1, 0.15) is 0 Å². The molecule has 0 saturated heterocycles. The van der Waals surface area contributed by atoms with E-state index in [0.29, 0.717) is 0 Å². The molecule has 1 aromatic rings. The summed E-state index contributed by atoms with van der Waals surface area (Å²) in [7, 11) is 0. The smallest absolute Gasteiger partial charge is 0.0540 e. The highest BCUT2D eigenvalue weighted by molar-refractivity contribution is 5.17. The lowest BCUT2D eigenvalue weighted by atomic mass is 10.1. The SMILES string of the molecule is C[C@@H](NO)c1ccccc1. The topological polar surface area (TPSA) is 32.3 Å². The lowest BCUT2D eigenvalue weighted by Gasteiger charge is -2.07. The van der Waals surface area contributed by atoms with Gasteiger partial charge in [-0.05, 0) is 12.5 Å². The molecule has 0 bridgehead atoms. The minimum absolute atomic E-state index is 0.0150. The van der Waals surface area contributed by atoms with Gasteiger partial charge in [0.15, 0.2) is 0 Å². The Morgan fingerprint density at radius 1 is 1.30 bits per heavy atom. The van der Waals surface area contributed by atoms with Crippen molar-refractivity contribution in [1.82, 2.24) is 5.48 Å². The number of hydroxylamine groups is 1. The van der Waals surface area contributed by atoms with Crippen molar-refractivity contribution < 1.29 is 5.21 Å². The Balaban J connectivity index is 2.75. The average molecular weight is 137 g/mol. The number of hydrogen-bond acceptors (Lipinski definition) is 2. The van der Waals surface area contributed by atoms with Gasteiger partial charge >= 0.3 is 0 Å². The molecule has 0 aliphatic carbocycles. The molecule has 0 aromatic heterocycles. The van der Waals surface area contributed by atoms with Crippen molar-refractivity contribution in [2.45, 2.75) is 13.0 Å². The first-order valence-corrected chi connectivity index (χ1v) is 3.29. The lowest BCUT2D eigenvalue weighted by molar-refractivity contribution is 0.133. The van der Waals surface area contributed by atoms with Crippen LogP contribution in [-0.2, 0) is 0 Å². The number of nitrogens with one attached hydrogen (secondary N) is 1. The second-order valence-corrected chi connectivity index (χ2v) is 2.26. The Morgan fingerprint density at radius 3 is 2.40 bits per heavy atom.